The van der Waals surface area contributed by atoms with Gasteiger partial charge < -0.3 is 30.7 Å². The third-order valence-corrected chi connectivity index (χ3v) is 6.83. The van der Waals surface area contributed by atoms with E-state index in [0.717, 1.165) is 68.9 Å². The first kappa shape index (κ1) is 35.1. The minimum absolute atomic E-state index is 0.160. The van der Waals surface area contributed by atoms with Gasteiger partial charge in [-0.05, 0) is 37.8 Å². The average Bonchev–Trinajstić information content (AvgIpc) is 3.02. The Morgan fingerprint density at radius 2 is 0.860 bits per heavy atom. The molecule has 236 valence electrons. The van der Waals surface area contributed by atoms with Crippen LogP contribution in [0.5, 0.6) is 0 Å². The zero-order valence-electron chi connectivity index (χ0n) is 25.6. The summed E-state index contributed by atoms with van der Waals surface area (Å²) in [4.78, 5) is 48.2. The summed E-state index contributed by atoms with van der Waals surface area (Å²) in [6.07, 6.45) is 8.35. The number of ether oxygens (including phenoxy) is 2. The van der Waals surface area contributed by atoms with E-state index < -0.39 is 24.3 Å². The molecular weight excluding hydrogens is 548 g/mol. The van der Waals surface area contributed by atoms with Crippen molar-refractivity contribution in [2.75, 3.05) is 13.1 Å². The van der Waals surface area contributed by atoms with Crippen LogP contribution in [0.1, 0.15) is 82.8 Å². The Hall–Kier alpha value is -4.08. The monoisotopic (exact) mass is 596 g/mol. The van der Waals surface area contributed by atoms with Gasteiger partial charge in [0.05, 0.1) is 0 Å². The van der Waals surface area contributed by atoms with Crippen LogP contribution in [0.25, 0.3) is 0 Å². The summed E-state index contributed by atoms with van der Waals surface area (Å²) in [7, 11) is 0. The molecule has 0 fully saturated rings. The number of carbonyl (C=O) groups is 4. The molecule has 2 atom stereocenters. The van der Waals surface area contributed by atoms with Crippen molar-refractivity contribution in [3.05, 3.63) is 71.8 Å². The maximum Gasteiger partial charge on any atom is 0.408 e. The van der Waals surface area contributed by atoms with Crippen LogP contribution in [0.2, 0.25) is 0 Å². The molecule has 0 aliphatic heterocycles. The largest absolute Gasteiger partial charge is 0.445 e. The maximum atomic E-state index is 12.2. The van der Waals surface area contributed by atoms with E-state index >= 15 is 0 Å². The van der Waals surface area contributed by atoms with Crippen LogP contribution >= 0.6 is 0 Å². The van der Waals surface area contributed by atoms with E-state index in [0.29, 0.717) is 13.1 Å². The summed E-state index contributed by atoms with van der Waals surface area (Å²) < 4.78 is 10.3. The van der Waals surface area contributed by atoms with Crippen LogP contribution in [0.3, 0.4) is 0 Å². The third kappa shape index (κ3) is 16.8. The van der Waals surface area contributed by atoms with Gasteiger partial charge in [0.25, 0.3) is 0 Å². The van der Waals surface area contributed by atoms with E-state index in [1.165, 1.54) is 0 Å². The van der Waals surface area contributed by atoms with Crippen molar-refractivity contribution in [3.63, 3.8) is 0 Å². The minimum Gasteiger partial charge on any atom is -0.445 e. The highest BCUT2D eigenvalue weighted by atomic mass is 16.6. The Bertz CT molecular complexity index is 998. The summed E-state index contributed by atoms with van der Waals surface area (Å²) in [5.74, 6) is -0.445. The van der Waals surface area contributed by atoms with Gasteiger partial charge in [-0.3, -0.25) is 9.59 Å². The van der Waals surface area contributed by atoms with Crippen LogP contribution in [0, 0.1) is 0 Å². The number of hydrogen-bond acceptors (Lipinski definition) is 6. The third-order valence-electron chi connectivity index (χ3n) is 6.83. The second-order valence-electron chi connectivity index (χ2n) is 10.6. The fraction of sp³-hybridized carbons (Fsp3) is 0.515. The Morgan fingerprint density at radius 1 is 0.535 bits per heavy atom. The Labute approximate surface area is 255 Å². The predicted molar refractivity (Wildman–Crippen MR) is 166 cm³/mol. The molecule has 43 heavy (non-hydrogen) atoms. The Balaban J connectivity index is 1.36. The summed E-state index contributed by atoms with van der Waals surface area (Å²) in [5.41, 5.74) is 1.77. The van der Waals surface area contributed by atoms with Crippen LogP contribution < -0.4 is 21.3 Å². The molecule has 0 unspecified atom stereocenters. The molecule has 2 aromatic carbocycles. The topological polar surface area (TPSA) is 135 Å². The Kier molecular flexibility index (Phi) is 17.6. The summed E-state index contributed by atoms with van der Waals surface area (Å²) in [6.45, 7) is 4.76. The second-order valence-corrected chi connectivity index (χ2v) is 10.6. The van der Waals surface area contributed by atoms with Crippen molar-refractivity contribution in [1.82, 2.24) is 21.3 Å². The average molecular weight is 597 g/mol. The van der Waals surface area contributed by atoms with Crippen LogP contribution in [-0.4, -0.2) is 49.2 Å². The molecule has 2 rings (SSSR count). The molecule has 2 aromatic rings. The van der Waals surface area contributed by atoms with E-state index in [4.69, 9.17) is 9.47 Å². The number of alkyl carbamates (subject to hydrolysis) is 2. The highest BCUT2D eigenvalue weighted by molar-refractivity contribution is 5.85. The highest BCUT2D eigenvalue weighted by Crippen LogP contribution is 2.09. The SMILES string of the molecule is C[C@H](NC(=O)OCc1ccccc1)C(=O)NCCCCCCCCCCCNC(=O)[C@H](C)NC(=O)OCc1ccccc1. The zero-order chi connectivity index (χ0) is 31.1. The van der Waals surface area contributed by atoms with E-state index in [1.54, 1.807) is 13.8 Å². The van der Waals surface area contributed by atoms with Gasteiger partial charge in [0.15, 0.2) is 0 Å². The lowest BCUT2D eigenvalue weighted by Gasteiger charge is -2.14. The molecule has 0 radical (unpaired) electrons. The standard InChI is InChI=1S/C33H48N4O6/c1-26(36-32(40)42-24-28-18-12-10-13-19-28)30(38)34-22-16-8-6-4-3-5-7-9-17-23-35-31(39)27(2)37-33(41)43-25-29-20-14-11-15-21-29/h10-15,18-21,26-27H,3-9,16-17,22-25H2,1-2H3,(H,34,38)(H,35,39)(H,36,40)(H,37,41)/t26-,27-/m0/s1. The first-order valence-corrected chi connectivity index (χ1v) is 15.3. The van der Waals surface area contributed by atoms with Gasteiger partial charge in [0.1, 0.15) is 25.3 Å². The summed E-state index contributed by atoms with van der Waals surface area (Å²) in [5, 5.41) is 10.8. The van der Waals surface area contributed by atoms with Crippen LogP contribution in [-0.2, 0) is 32.3 Å². The predicted octanol–water partition coefficient (Wildman–Crippen LogP) is 5.36. The normalized spacial score (nSPS) is 12.0. The lowest BCUT2D eigenvalue weighted by molar-refractivity contribution is -0.123. The zero-order valence-corrected chi connectivity index (χ0v) is 25.6. The van der Waals surface area contributed by atoms with Gasteiger partial charge in [0, 0.05) is 13.1 Å². The molecular formula is C33H48N4O6. The first-order valence-electron chi connectivity index (χ1n) is 15.3. The molecule has 0 aromatic heterocycles. The number of rotatable bonds is 20. The van der Waals surface area contributed by atoms with E-state index in [-0.39, 0.29) is 25.0 Å². The Morgan fingerprint density at radius 3 is 1.21 bits per heavy atom. The van der Waals surface area contributed by atoms with E-state index in [1.807, 2.05) is 60.7 Å². The fourth-order valence-corrected chi connectivity index (χ4v) is 4.23. The van der Waals surface area contributed by atoms with Gasteiger partial charge in [0.2, 0.25) is 11.8 Å². The van der Waals surface area contributed by atoms with Crippen molar-refractivity contribution >= 4 is 24.0 Å². The molecule has 0 spiro atoms. The molecule has 10 heteroatoms. The van der Waals surface area contributed by atoms with Crippen molar-refractivity contribution in [3.8, 4) is 0 Å². The lowest BCUT2D eigenvalue weighted by atomic mass is 10.1. The molecule has 0 aliphatic carbocycles. The molecule has 0 saturated heterocycles. The fourth-order valence-electron chi connectivity index (χ4n) is 4.23. The number of nitrogens with one attached hydrogen (secondary N) is 4. The van der Waals surface area contributed by atoms with Crippen molar-refractivity contribution in [2.24, 2.45) is 0 Å². The second kappa shape index (κ2) is 21.6. The van der Waals surface area contributed by atoms with Crippen molar-refractivity contribution in [2.45, 2.75) is 96.9 Å². The number of amides is 4. The van der Waals surface area contributed by atoms with E-state index in [9.17, 15) is 19.2 Å². The molecule has 0 heterocycles. The van der Waals surface area contributed by atoms with Crippen molar-refractivity contribution in [1.29, 1.82) is 0 Å². The van der Waals surface area contributed by atoms with Crippen LogP contribution in [0.15, 0.2) is 60.7 Å². The molecule has 0 bridgehead atoms. The summed E-state index contributed by atoms with van der Waals surface area (Å²) in [6, 6.07) is 17.4. The lowest BCUT2D eigenvalue weighted by Crippen LogP contribution is -2.45. The van der Waals surface area contributed by atoms with Gasteiger partial charge >= 0.3 is 12.2 Å². The maximum absolute atomic E-state index is 12.2. The molecule has 0 aliphatic rings. The smallest absolute Gasteiger partial charge is 0.408 e. The summed E-state index contributed by atoms with van der Waals surface area (Å²) >= 11 is 0. The number of benzene rings is 2. The minimum atomic E-state index is -0.661. The van der Waals surface area contributed by atoms with Crippen LogP contribution in [0.4, 0.5) is 9.59 Å². The van der Waals surface area contributed by atoms with Crippen molar-refractivity contribution < 1.29 is 28.7 Å². The quantitative estimate of drug-likeness (QED) is 0.152. The molecule has 10 nitrogen and oxygen atoms in total. The molecule has 0 saturated carbocycles. The number of carbonyl (C=O) groups excluding carboxylic acids is 4. The van der Waals surface area contributed by atoms with Gasteiger partial charge in [-0.15, -0.1) is 0 Å². The number of unbranched alkanes of at least 4 members (excludes halogenated alkanes) is 8. The van der Waals surface area contributed by atoms with Gasteiger partial charge in [-0.1, -0.05) is 106 Å². The highest BCUT2D eigenvalue weighted by Gasteiger charge is 2.17. The molecule has 4 N–H and O–H groups in total. The first-order chi connectivity index (χ1) is 20.8. The van der Waals surface area contributed by atoms with Gasteiger partial charge in [-0.25, -0.2) is 9.59 Å². The molecule has 4 amide bonds. The van der Waals surface area contributed by atoms with E-state index in [2.05, 4.69) is 21.3 Å². The number of hydrogen-bond donors (Lipinski definition) is 4. The van der Waals surface area contributed by atoms with Gasteiger partial charge in [-0.2, -0.15) is 0 Å².